The first-order chi connectivity index (χ1) is 10.0. The Bertz CT molecular complexity index is 638. The third-order valence-electron chi connectivity index (χ3n) is 3.32. The van der Waals surface area contributed by atoms with Crippen molar-refractivity contribution in [3.63, 3.8) is 0 Å². The normalized spacial score (nSPS) is 10.3. The summed E-state index contributed by atoms with van der Waals surface area (Å²) in [6.45, 7) is 2.29. The molecule has 0 aliphatic rings. The van der Waals surface area contributed by atoms with Crippen molar-refractivity contribution in [3.05, 3.63) is 58.1 Å². The van der Waals surface area contributed by atoms with Crippen molar-refractivity contribution in [2.24, 2.45) is 0 Å². The Morgan fingerprint density at radius 2 is 1.86 bits per heavy atom. The molecule has 21 heavy (non-hydrogen) atoms. The molecule has 0 saturated carbocycles. The number of ether oxygens (including phenoxy) is 1. The highest BCUT2D eigenvalue weighted by atomic mass is 79.9. The Morgan fingerprint density at radius 1 is 1.19 bits per heavy atom. The van der Waals surface area contributed by atoms with Gasteiger partial charge in [0.2, 0.25) is 0 Å². The van der Waals surface area contributed by atoms with Crippen LogP contribution in [0.15, 0.2) is 46.9 Å². The Balaban J connectivity index is 2.32. The zero-order valence-electron chi connectivity index (χ0n) is 12.4. The number of anilines is 1. The van der Waals surface area contributed by atoms with E-state index in [0.717, 1.165) is 16.7 Å². The van der Waals surface area contributed by atoms with Gasteiger partial charge in [-0.15, -0.1) is 0 Å². The van der Waals surface area contributed by atoms with Gasteiger partial charge in [-0.25, -0.2) is 0 Å². The van der Waals surface area contributed by atoms with Crippen LogP contribution in [0.2, 0.25) is 0 Å². The Hall–Kier alpha value is -1.81. The van der Waals surface area contributed by atoms with Crippen molar-refractivity contribution in [2.45, 2.75) is 13.5 Å². The van der Waals surface area contributed by atoms with Gasteiger partial charge in [-0.1, -0.05) is 34.1 Å². The first-order valence-electron chi connectivity index (χ1n) is 6.66. The lowest BCUT2D eigenvalue weighted by molar-refractivity contribution is 0.101. The molecule has 2 aromatic carbocycles. The molecule has 0 aromatic heterocycles. The molecule has 4 heteroatoms. The van der Waals surface area contributed by atoms with Crippen molar-refractivity contribution < 1.29 is 9.53 Å². The summed E-state index contributed by atoms with van der Waals surface area (Å²) >= 11 is 3.43. The van der Waals surface area contributed by atoms with Crippen molar-refractivity contribution in [1.82, 2.24) is 0 Å². The lowest BCUT2D eigenvalue weighted by Crippen LogP contribution is -2.19. The second kappa shape index (κ2) is 6.76. The van der Waals surface area contributed by atoms with Crippen LogP contribution in [0.1, 0.15) is 22.8 Å². The zero-order chi connectivity index (χ0) is 15.4. The summed E-state index contributed by atoms with van der Waals surface area (Å²) in [7, 11) is 3.56. The molecule has 0 bridgehead atoms. The zero-order valence-corrected chi connectivity index (χ0v) is 14.0. The fourth-order valence-corrected chi connectivity index (χ4v) is 2.57. The van der Waals surface area contributed by atoms with E-state index in [1.165, 1.54) is 5.56 Å². The molecule has 0 aliphatic heterocycles. The van der Waals surface area contributed by atoms with Crippen LogP contribution in [0.5, 0.6) is 5.75 Å². The van der Waals surface area contributed by atoms with Crippen molar-refractivity contribution in [2.75, 3.05) is 19.1 Å². The van der Waals surface area contributed by atoms with E-state index >= 15 is 0 Å². The number of hydrogen-bond acceptors (Lipinski definition) is 3. The predicted octanol–water partition coefficient (Wildman–Crippen LogP) is 4.30. The van der Waals surface area contributed by atoms with E-state index in [4.69, 9.17) is 4.74 Å². The maximum Gasteiger partial charge on any atom is 0.165 e. The molecular formula is C17H18BrNO2. The van der Waals surface area contributed by atoms with Crippen LogP contribution in [0.3, 0.4) is 0 Å². The van der Waals surface area contributed by atoms with Crippen LogP contribution >= 0.6 is 15.9 Å². The molecule has 0 N–H and O–H groups in total. The van der Waals surface area contributed by atoms with Crippen LogP contribution in [-0.2, 0) is 6.54 Å². The highest BCUT2D eigenvalue weighted by molar-refractivity contribution is 9.10. The summed E-state index contributed by atoms with van der Waals surface area (Å²) in [5, 5.41) is 0. The summed E-state index contributed by atoms with van der Waals surface area (Å²) in [6.07, 6.45) is 0. The number of Topliss-reactive ketones (excluding diaryl/α,β-unsaturated/α-hetero) is 1. The van der Waals surface area contributed by atoms with Gasteiger partial charge in [0.25, 0.3) is 0 Å². The van der Waals surface area contributed by atoms with Gasteiger partial charge in [0.1, 0.15) is 5.75 Å². The fraction of sp³-hybridized carbons (Fsp3) is 0.235. The monoisotopic (exact) mass is 347 g/mol. The first-order valence-corrected chi connectivity index (χ1v) is 7.45. The number of nitrogens with zero attached hydrogens (tertiary/aromatic N) is 1. The topological polar surface area (TPSA) is 29.5 Å². The Kier molecular flexibility index (Phi) is 5.02. The van der Waals surface area contributed by atoms with Crippen molar-refractivity contribution in [1.29, 1.82) is 0 Å². The molecule has 0 heterocycles. The number of halogens is 1. The highest BCUT2D eigenvalue weighted by Gasteiger charge is 2.16. The number of carbonyl (C=O) groups is 1. The molecule has 2 aromatic rings. The quantitative estimate of drug-likeness (QED) is 0.755. The number of ketones is 1. The van der Waals surface area contributed by atoms with Crippen LogP contribution in [-0.4, -0.2) is 19.9 Å². The third kappa shape index (κ3) is 3.64. The van der Waals surface area contributed by atoms with Gasteiger partial charge in [-0.3, -0.25) is 4.79 Å². The molecule has 0 spiro atoms. The van der Waals surface area contributed by atoms with Gasteiger partial charge in [0, 0.05) is 18.1 Å². The van der Waals surface area contributed by atoms with Gasteiger partial charge >= 0.3 is 0 Å². The molecular weight excluding hydrogens is 330 g/mol. The molecule has 2 rings (SSSR count). The van der Waals surface area contributed by atoms with E-state index < -0.39 is 0 Å². The molecule has 0 radical (unpaired) electrons. The number of benzene rings is 2. The Morgan fingerprint density at radius 3 is 2.43 bits per heavy atom. The van der Waals surface area contributed by atoms with Crippen molar-refractivity contribution >= 4 is 27.4 Å². The largest absolute Gasteiger partial charge is 0.496 e. The lowest BCUT2D eigenvalue weighted by atomic mass is 10.1. The molecule has 0 aliphatic carbocycles. The van der Waals surface area contributed by atoms with Crippen LogP contribution in [0.25, 0.3) is 0 Å². The summed E-state index contributed by atoms with van der Waals surface area (Å²) in [5.41, 5.74) is 2.68. The number of carbonyl (C=O) groups excluding carboxylic acids is 1. The molecule has 0 fully saturated rings. The van der Waals surface area contributed by atoms with Gasteiger partial charge in [-0.05, 0) is 36.8 Å². The Labute approximate surface area is 133 Å². The van der Waals surface area contributed by atoms with Gasteiger partial charge in [0.05, 0.1) is 18.4 Å². The fourth-order valence-electron chi connectivity index (χ4n) is 2.31. The maximum absolute atomic E-state index is 11.9. The van der Waals surface area contributed by atoms with Gasteiger partial charge in [0.15, 0.2) is 5.78 Å². The van der Waals surface area contributed by atoms with Gasteiger partial charge in [-0.2, -0.15) is 0 Å². The maximum atomic E-state index is 11.9. The highest BCUT2D eigenvalue weighted by Crippen LogP contribution is 2.30. The lowest BCUT2D eigenvalue weighted by Gasteiger charge is -2.23. The summed E-state index contributed by atoms with van der Waals surface area (Å²) in [5.74, 6) is 0.618. The minimum atomic E-state index is 0.00473. The standard InChI is InChI=1S/C17H18BrNO2/c1-12(20)17-15(5-4-6-16(17)21-3)19(2)11-13-7-9-14(18)10-8-13/h4-10H,11H2,1-3H3. The van der Waals surface area contributed by atoms with Crippen LogP contribution in [0, 0.1) is 0 Å². The van der Waals surface area contributed by atoms with E-state index in [2.05, 4.69) is 33.0 Å². The smallest absolute Gasteiger partial charge is 0.165 e. The average Bonchev–Trinajstić information content (AvgIpc) is 2.48. The van der Waals surface area contributed by atoms with E-state index in [9.17, 15) is 4.79 Å². The molecule has 0 atom stereocenters. The summed E-state index contributed by atoms with van der Waals surface area (Å²) < 4.78 is 6.36. The first kappa shape index (κ1) is 15.6. The van der Waals surface area contributed by atoms with Crippen LogP contribution in [0.4, 0.5) is 5.69 Å². The summed E-state index contributed by atoms with van der Waals surface area (Å²) in [6, 6.07) is 13.8. The molecule has 3 nitrogen and oxygen atoms in total. The van der Waals surface area contributed by atoms with E-state index in [1.54, 1.807) is 14.0 Å². The molecule has 0 amide bonds. The second-order valence-electron chi connectivity index (χ2n) is 4.89. The molecule has 110 valence electrons. The number of rotatable bonds is 5. The molecule has 0 unspecified atom stereocenters. The third-order valence-corrected chi connectivity index (χ3v) is 3.85. The molecule has 0 saturated heterocycles. The average molecular weight is 348 g/mol. The minimum absolute atomic E-state index is 0.00473. The minimum Gasteiger partial charge on any atom is -0.496 e. The second-order valence-corrected chi connectivity index (χ2v) is 5.81. The summed E-state index contributed by atoms with van der Waals surface area (Å²) in [4.78, 5) is 14.0. The van der Waals surface area contributed by atoms with Gasteiger partial charge < -0.3 is 9.64 Å². The van der Waals surface area contributed by atoms with E-state index in [1.807, 2.05) is 37.4 Å². The number of hydrogen-bond donors (Lipinski definition) is 0. The van der Waals surface area contributed by atoms with Crippen molar-refractivity contribution in [3.8, 4) is 5.75 Å². The predicted molar refractivity (Wildman–Crippen MR) is 89.2 cm³/mol. The van der Waals surface area contributed by atoms with E-state index in [0.29, 0.717) is 11.3 Å². The van der Waals surface area contributed by atoms with E-state index in [-0.39, 0.29) is 5.78 Å². The number of methoxy groups -OCH3 is 1. The van der Waals surface area contributed by atoms with Crippen LogP contribution < -0.4 is 9.64 Å². The SMILES string of the molecule is COc1cccc(N(C)Cc2ccc(Br)cc2)c1C(C)=O.